The average Bonchev–Trinajstić information content (AvgIpc) is 2.35. The molecule has 0 aliphatic carbocycles. The van der Waals surface area contributed by atoms with E-state index in [4.69, 9.17) is 10.5 Å². The van der Waals surface area contributed by atoms with Crippen LogP contribution in [0.15, 0.2) is 35.5 Å². The van der Waals surface area contributed by atoms with Gasteiger partial charge in [-0.2, -0.15) is 0 Å². The minimum atomic E-state index is 0.393. The Hall–Kier alpha value is -2.04. The number of guanidine groups is 1. The zero-order chi connectivity index (χ0) is 13.4. The van der Waals surface area contributed by atoms with Crippen LogP contribution in [0.25, 0.3) is 0 Å². The zero-order valence-electron chi connectivity index (χ0n) is 10.9. The normalized spacial score (nSPS) is 11.1. The van der Waals surface area contributed by atoms with Crippen molar-refractivity contribution in [2.75, 3.05) is 13.2 Å². The molecule has 0 aromatic carbocycles. The molecule has 18 heavy (non-hydrogen) atoms. The Bertz CT molecular complexity index is 429. The number of aliphatic imine (C=N–C) groups is 1. The second-order valence-corrected chi connectivity index (χ2v) is 3.91. The predicted molar refractivity (Wildman–Crippen MR) is 73.5 cm³/mol. The summed E-state index contributed by atoms with van der Waals surface area (Å²) in [4.78, 5) is 8.39. The number of ether oxygens (including phenoxy) is 1. The standard InChI is InChI=1S/C13H20N4O/c1-4-18-12-11(6-5-7-15-12)9-17-13(14)16-8-10(2)3/h5-7H,2,4,8-9H2,1,3H3,(H3,14,16,17). The molecule has 0 atom stereocenters. The minimum absolute atomic E-state index is 0.393. The predicted octanol–water partition coefficient (Wildman–Crippen LogP) is 1.46. The van der Waals surface area contributed by atoms with E-state index in [1.807, 2.05) is 26.0 Å². The van der Waals surface area contributed by atoms with Gasteiger partial charge in [0, 0.05) is 18.3 Å². The summed E-state index contributed by atoms with van der Waals surface area (Å²) in [5.41, 5.74) is 7.65. The molecular formula is C13H20N4O. The monoisotopic (exact) mass is 248 g/mol. The van der Waals surface area contributed by atoms with E-state index in [1.54, 1.807) is 6.20 Å². The highest BCUT2D eigenvalue weighted by atomic mass is 16.5. The molecule has 1 heterocycles. The Labute approximate surface area is 108 Å². The van der Waals surface area contributed by atoms with Crippen molar-refractivity contribution in [1.82, 2.24) is 10.3 Å². The largest absolute Gasteiger partial charge is 0.478 e. The molecule has 1 aromatic heterocycles. The Balaban J connectivity index is 2.61. The number of hydrogen-bond donors (Lipinski definition) is 2. The lowest BCUT2D eigenvalue weighted by Gasteiger charge is -2.08. The SMILES string of the molecule is C=C(C)CNC(N)=NCc1cccnc1OCC. The Morgan fingerprint density at radius 2 is 2.39 bits per heavy atom. The third-order valence-electron chi connectivity index (χ3n) is 2.12. The molecule has 0 radical (unpaired) electrons. The van der Waals surface area contributed by atoms with Crippen LogP contribution >= 0.6 is 0 Å². The van der Waals surface area contributed by atoms with Gasteiger partial charge in [-0.3, -0.25) is 0 Å². The smallest absolute Gasteiger partial charge is 0.218 e. The molecule has 98 valence electrons. The lowest BCUT2D eigenvalue weighted by Crippen LogP contribution is -2.32. The van der Waals surface area contributed by atoms with Crippen LogP contribution in [-0.2, 0) is 6.54 Å². The van der Waals surface area contributed by atoms with Gasteiger partial charge in [-0.15, -0.1) is 0 Å². The summed E-state index contributed by atoms with van der Waals surface area (Å²) in [6.45, 7) is 9.28. The second-order valence-electron chi connectivity index (χ2n) is 3.91. The quantitative estimate of drug-likeness (QED) is 0.454. The number of aromatic nitrogens is 1. The molecule has 0 fully saturated rings. The summed E-state index contributed by atoms with van der Waals surface area (Å²) in [6.07, 6.45) is 1.70. The highest BCUT2D eigenvalue weighted by Gasteiger charge is 2.03. The van der Waals surface area contributed by atoms with Crippen molar-refractivity contribution >= 4 is 5.96 Å². The van der Waals surface area contributed by atoms with Crippen LogP contribution in [0, 0.1) is 0 Å². The van der Waals surface area contributed by atoms with E-state index < -0.39 is 0 Å². The number of pyridine rings is 1. The number of hydrogen-bond acceptors (Lipinski definition) is 3. The molecule has 0 unspecified atom stereocenters. The molecule has 3 N–H and O–H groups in total. The van der Waals surface area contributed by atoms with E-state index >= 15 is 0 Å². The summed E-state index contributed by atoms with van der Waals surface area (Å²) in [5, 5.41) is 2.97. The minimum Gasteiger partial charge on any atom is -0.478 e. The van der Waals surface area contributed by atoms with E-state index in [0.29, 0.717) is 31.5 Å². The molecule has 0 saturated carbocycles. The maximum atomic E-state index is 5.73. The molecule has 0 spiro atoms. The van der Waals surface area contributed by atoms with Crippen molar-refractivity contribution in [3.63, 3.8) is 0 Å². The van der Waals surface area contributed by atoms with E-state index in [1.165, 1.54) is 0 Å². The first-order valence-corrected chi connectivity index (χ1v) is 5.88. The average molecular weight is 248 g/mol. The Kier molecular flexibility index (Phi) is 5.70. The fraction of sp³-hybridized carbons (Fsp3) is 0.385. The number of rotatable bonds is 6. The van der Waals surface area contributed by atoms with E-state index in [0.717, 1.165) is 11.1 Å². The highest BCUT2D eigenvalue weighted by molar-refractivity contribution is 5.78. The van der Waals surface area contributed by atoms with Crippen molar-refractivity contribution in [1.29, 1.82) is 0 Å². The van der Waals surface area contributed by atoms with E-state index in [-0.39, 0.29) is 0 Å². The van der Waals surface area contributed by atoms with Gasteiger partial charge >= 0.3 is 0 Å². The van der Waals surface area contributed by atoms with Crippen molar-refractivity contribution in [2.45, 2.75) is 20.4 Å². The summed E-state index contributed by atoms with van der Waals surface area (Å²) < 4.78 is 5.41. The highest BCUT2D eigenvalue weighted by Crippen LogP contribution is 2.14. The lowest BCUT2D eigenvalue weighted by atomic mass is 10.3. The second kappa shape index (κ2) is 7.32. The van der Waals surface area contributed by atoms with E-state index in [2.05, 4.69) is 21.9 Å². The first-order chi connectivity index (χ1) is 8.63. The van der Waals surface area contributed by atoms with Crippen molar-refractivity contribution in [2.24, 2.45) is 10.7 Å². The molecule has 5 heteroatoms. The summed E-state index contributed by atoms with van der Waals surface area (Å²) in [6, 6.07) is 3.78. The maximum absolute atomic E-state index is 5.73. The molecule has 0 saturated heterocycles. The van der Waals surface area contributed by atoms with Gasteiger partial charge in [0.05, 0.1) is 13.2 Å². The van der Waals surface area contributed by atoms with Crippen LogP contribution < -0.4 is 15.8 Å². The van der Waals surface area contributed by atoms with Crippen LogP contribution in [0.5, 0.6) is 5.88 Å². The molecule has 1 aromatic rings. The number of nitrogens with zero attached hydrogens (tertiary/aromatic N) is 2. The first-order valence-electron chi connectivity index (χ1n) is 5.88. The molecule has 5 nitrogen and oxygen atoms in total. The summed E-state index contributed by atoms with van der Waals surface area (Å²) in [7, 11) is 0. The number of nitrogens with one attached hydrogen (secondary N) is 1. The Morgan fingerprint density at radius 3 is 3.06 bits per heavy atom. The van der Waals surface area contributed by atoms with Gasteiger partial charge in [-0.25, -0.2) is 9.98 Å². The lowest BCUT2D eigenvalue weighted by molar-refractivity contribution is 0.323. The van der Waals surface area contributed by atoms with Crippen LogP contribution in [0.4, 0.5) is 0 Å². The Morgan fingerprint density at radius 1 is 1.61 bits per heavy atom. The van der Waals surface area contributed by atoms with Crippen molar-refractivity contribution < 1.29 is 4.74 Å². The van der Waals surface area contributed by atoms with Gasteiger partial charge in [-0.1, -0.05) is 18.2 Å². The zero-order valence-corrected chi connectivity index (χ0v) is 10.9. The fourth-order valence-electron chi connectivity index (χ4n) is 1.28. The maximum Gasteiger partial charge on any atom is 0.218 e. The van der Waals surface area contributed by atoms with Gasteiger partial charge in [0.2, 0.25) is 5.88 Å². The molecule has 0 amide bonds. The summed E-state index contributed by atoms with van der Waals surface area (Å²) in [5.74, 6) is 1.00. The van der Waals surface area contributed by atoms with Gasteiger partial charge in [0.25, 0.3) is 0 Å². The van der Waals surface area contributed by atoms with Crippen LogP contribution in [0.2, 0.25) is 0 Å². The topological polar surface area (TPSA) is 72.5 Å². The number of nitrogens with two attached hydrogens (primary N) is 1. The molecule has 0 bridgehead atoms. The van der Waals surface area contributed by atoms with Crippen LogP contribution in [0.1, 0.15) is 19.4 Å². The fourth-order valence-corrected chi connectivity index (χ4v) is 1.28. The van der Waals surface area contributed by atoms with Crippen LogP contribution in [0.3, 0.4) is 0 Å². The van der Waals surface area contributed by atoms with Gasteiger partial charge in [-0.05, 0) is 19.9 Å². The van der Waals surface area contributed by atoms with Gasteiger partial charge in [0.1, 0.15) is 0 Å². The van der Waals surface area contributed by atoms with E-state index in [9.17, 15) is 0 Å². The van der Waals surface area contributed by atoms with Crippen LogP contribution in [-0.4, -0.2) is 24.1 Å². The van der Waals surface area contributed by atoms with Gasteiger partial charge < -0.3 is 15.8 Å². The third kappa shape index (κ3) is 4.86. The van der Waals surface area contributed by atoms with Crippen molar-refractivity contribution in [3.05, 3.63) is 36.0 Å². The molecule has 0 aliphatic rings. The molecule has 0 aliphatic heterocycles. The van der Waals surface area contributed by atoms with Gasteiger partial charge in [0.15, 0.2) is 5.96 Å². The summed E-state index contributed by atoms with van der Waals surface area (Å²) >= 11 is 0. The molecule has 1 rings (SSSR count). The molecular weight excluding hydrogens is 228 g/mol. The third-order valence-corrected chi connectivity index (χ3v) is 2.12. The van der Waals surface area contributed by atoms with Crippen molar-refractivity contribution in [3.8, 4) is 5.88 Å². The first kappa shape index (κ1) is 14.0.